The lowest BCUT2D eigenvalue weighted by atomic mass is 10.2. The van der Waals surface area contributed by atoms with E-state index in [2.05, 4.69) is 5.32 Å². The maximum atomic E-state index is 12.8. The normalized spacial score (nSPS) is 16.1. The van der Waals surface area contributed by atoms with E-state index < -0.39 is 16.1 Å². The quantitative estimate of drug-likeness (QED) is 0.624. The van der Waals surface area contributed by atoms with Gasteiger partial charge in [-0.15, -0.1) is 0 Å². The molecule has 1 fully saturated rings. The van der Waals surface area contributed by atoms with Gasteiger partial charge in [0, 0.05) is 41.8 Å². The molecule has 0 saturated carbocycles. The zero-order valence-electron chi connectivity index (χ0n) is 16.7. The number of nitrogens with one attached hydrogen (secondary N) is 1. The first-order valence-corrected chi connectivity index (χ1v) is 11.8. The van der Waals surface area contributed by atoms with Crippen LogP contribution in [0.2, 0.25) is 5.02 Å². The summed E-state index contributed by atoms with van der Waals surface area (Å²) in [6.07, 6.45) is 3.62. The zero-order chi connectivity index (χ0) is 21.3. The molecule has 158 valence electrons. The first-order chi connectivity index (χ1) is 14.4. The van der Waals surface area contributed by atoms with Crippen molar-refractivity contribution < 1.29 is 13.2 Å². The Morgan fingerprint density at radius 1 is 1.13 bits per heavy atom. The van der Waals surface area contributed by atoms with E-state index in [0.717, 1.165) is 29.3 Å². The molecule has 1 aliphatic heterocycles. The van der Waals surface area contributed by atoms with Crippen LogP contribution >= 0.6 is 11.6 Å². The molecule has 30 heavy (non-hydrogen) atoms. The second kappa shape index (κ2) is 8.41. The van der Waals surface area contributed by atoms with Crippen LogP contribution < -0.4 is 5.32 Å². The highest BCUT2D eigenvalue weighted by Crippen LogP contribution is 2.27. The van der Waals surface area contributed by atoms with Gasteiger partial charge in [-0.3, -0.25) is 4.79 Å². The van der Waals surface area contributed by atoms with E-state index in [1.54, 1.807) is 24.3 Å². The molecule has 1 saturated heterocycles. The lowest BCUT2D eigenvalue weighted by Gasteiger charge is -2.17. The number of carbonyl (C=O) groups excluding carboxylic acids is 1. The summed E-state index contributed by atoms with van der Waals surface area (Å²) in [7, 11) is -3.47. The van der Waals surface area contributed by atoms with Crippen LogP contribution in [0.5, 0.6) is 0 Å². The predicted octanol–water partition coefficient (Wildman–Crippen LogP) is 3.96. The summed E-state index contributed by atoms with van der Waals surface area (Å²) in [5.74, 6) is -0.138. The maximum Gasteiger partial charge on any atom is 0.243 e. The van der Waals surface area contributed by atoms with Crippen molar-refractivity contribution in [2.45, 2.75) is 37.2 Å². The summed E-state index contributed by atoms with van der Waals surface area (Å²) < 4.78 is 29.0. The van der Waals surface area contributed by atoms with Gasteiger partial charge in [-0.25, -0.2) is 8.42 Å². The molecule has 1 atom stereocenters. The number of carbonyl (C=O) groups is 1. The largest absolute Gasteiger partial charge is 0.350 e. The number of hydrogen-bond acceptors (Lipinski definition) is 3. The molecule has 1 aromatic heterocycles. The molecule has 1 aliphatic rings. The summed E-state index contributed by atoms with van der Waals surface area (Å²) in [4.78, 5) is 13.0. The number of aromatic nitrogens is 1. The Balaban J connectivity index is 1.53. The third-order valence-electron chi connectivity index (χ3n) is 5.60. The highest BCUT2D eigenvalue weighted by atomic mass is 35.5. The first kappa shape index (κ1) is 20.9. The molecule has 0 bridgehead atoms. The topological polar surface area (TPSA) is 71.4 Å². The third-order valence-corrected chi connectivity index (χ3v) is 7.87. The molecular formula is C22H24ClN3O3S. The molecule has 0 aliphatic carbocycles. The average molecular weight is 446 g/mol. The van der Waals surface area contributed by atoms with Gasteiger partial charge in [0.25, 0.3) is 0 Å². The highest BCUT2D eigenvalue weighted by molar-refractivity contribution is 7.89. The fourth-order valence-electron chi connectivity index (χ4n) is 3.82. The second-order valence-corrected chi connectivity index (χ2v) is 9.89. The van der Waals surface area contributed by atoms with Gasteiger partial charge in [0.15, 0.2) is 0 Å². The number of rotatable bonds is 6. The lowest BCUT2D eigenvalue weighted by Crippen LogP contribution is -2.30. The number of halogens is 1. The van der Waals surface area contributed by atoms with Gasteiger partial charge in [-0.1, -0.05) is 29.8 Å². The van der Waals surface area contributed by atoms with Crippen LogP contribution in [0.4, 0.5) is 0 Å². The van der Waals surface area contributed by atoms with E-state index in [1.165, 1.54) is 4.31 Å². The van der Waals surface area contributed by atoms with Gasteiger partial charge in [-0.05, 0) is 55.7 Å². The Labute approximate surface area is 181 Å². The number of amides is 1. The fraction of sp³-hybridized carbons (Fsp3) is 0.318. The maximum absolute atomic E-state index is 12.8. The molecule has 1 unspecified atom stereocenters. The van der Waals surface area contributed by atoms with E-state index in [0.29, 0.717) is 29.6 Å². The van der Waals surface area contributed by atoms with Crippen LogP contribution in [0.15, 0.2) is 59.6 Å². The first-order valence-electron chi connectivity index (χ1n) is 10.00. The average Bonchev–Trinajstić information content (AvgIpc) is 3.42. The van der Waals surface area contributed by atoms with E-state index in [-0.39, 0.29) is 5.91 Å². The summed E-state index contributed by atoms with van der Waals surface area (Å²) >= 11 is 6.15. The minimum atomic E-state index is -3.47. The lowest BCUT2D eigenvalue weighted by molar-refractivity contribution is -0.123. The van der Waals surface area contributed by atoms with E-state index >= 15 is 0 Å². The molecule has 2 heterocycles. The molecule has 6 nitrogen and oxygen atoms in total. The highest BCUT2D eigenvalue weighted by Gasteiger charge is 2.27. The van der Waals surface area contributed by atoms with E-state index in [9.17, 15) is 13.2 Å². The van der Waals surface area contributed by atoms with Crippen molar-refractivity contribution in [1.82, 2.24) is 14.2 Å². The van der Waals surface area contributed by atoms with Crippen LogP contribution in [0.3, 0.4) is 0 Å². The van der Waals surface area contributed by atoms with Gasteiger partial charge < -0.3 is 9.88 Å². The Kier molecular flexibility index (Phi) is 5.86. The number of hydrogen-bond donors (Lipinski definition) is 1. The molecule has 8 heteroatoms. The van der Waals surface area contributed by atoms with Gasteiger partial charge in [0.05, 0.1) is 4.90 Å². The smallest absolute Gasteiger partial charge is 0.243 e. The predicted molar refractivity (Wildman–Crippen MR) is 118 cm³/mol. The Hall–Kier alpha value is -2.35. The van der Waals surface area contributed by atoms with Crippen LogP contribution in [0, 0.1) is 0 Å². The zero-order valence-corrected chi connectivity index (χ0v) is 18.3. The van der Waals surface area contributed by atoms with Gasteiger partial charge in [-0.2, -0.15) is 4.31 Å². The molecule has 4 rings (SSSR count). The molecule has 1 N–H and O–H groups in total. The molecule has 0 radical (unpaired) electrons. The minimum absolute atomic E-state index is 0.138. The van der Waals surface area contributed by atoms with Gasteiger partial charge in [0.2, 0.25) is 15.9 Å². The van der Waals surface area contributed by atoms with Crippen LogP contribution in [-0.2, 0) is 21.4 Å². The third kappa shape index (κ3) is 3.97. The van der Waals surface area contributed by atoms with Gasteiger partial charge >= 0.3 is 0 Å². The molecule has 0 spiro atoms. The van der Waals surface area contributed by atoms with Crippen molar-refractivity contribution in [3.8, 4) is 0 Å². The van der Waals surface area contributed by atoms with Crippen LogP contribution in [0.1, 0.15) is 31.4 Å². The summed E-state index contributed by atoms with van der Waals surface area (Å²) in [6.45, 7) is 3.31. The molecule has 2 aromatic carbocycles. The molecule has 3 aromatic rings. The number of nitrogens with zero attached hydrogens (tertiary/aromatic N) is 2. The summed E-state index contributed by atoms with van der Waals surface area (Å²) in [6, 6.07) is 13.9. The fourth-order valence-corrected chi connectivity index (χ4v) is 5.57. The monoisotopic (exact) mass is 445 g/mol. The van der Waals surface area contributed by atoms with E-state index in [4.69, 9.17) is 11.6 Å². The van der Waals surface area contributed by atoms with Crippen molar-refractivity contribution in [3.63, 3.8) is 0 Å². The SMILES string of the molecule is CC(C(=O)NCc1ccccc1Cl)n1ccc2cc(S(=O)(=O)N3CCCC3)ccc21. The standard InChI is InChI=1S/C22H24ClN3O3S/c1-16(22(27)24-15-18-6-2-3-7-20(18)23)26-13-10-17-14-19(8-9-21(17)26)30(28,29)25-11-4-5-12-25/h2-3,6-10,13-14,16H,4-5,11-12,15H2,1H3,(H,24,27). The summed E-state index contributed by atoms with van der Waals surface area (Å²) in [5, 5.41) is 4.33. The Bertz CT molecular complexity index is 1180. The Morgan fingerprint density at radius 2 is 1.87 bits per heavy atom. The van der Waals surface area contributed by atoms with Crippen LogP contribution in [-0.4, -0.2) is 36.3 Å². The van der Waals surface area contributed by atoms with Crippen molar-refractivity contribution in [1.29, 1.82) is 0 Å². The van der Waals surface area contributed by atoms with Crippen molar-refractivity contribution in [2.24, 2.45) is 0 Å². The Morgan fingerprint density at radius 3 is 2.60 bits per heavy atom. The minimum Gasteiger partial charge on any atom is -0.350 e. The molecular weight excluding hydrogens is 422 g/mol. The summed E-state index contributed by atoms with van der Waals surface area (Å²) in [5.41, 5.74) is 1.67. The number of benzene rings is 2. The van der Waals surface area contributed by atoms with Crippen molar-refractivity contribution in [2.75, 3.05) is 13.1 Å². The van der Waals surface area contributed by atoms with Crippen molar-refractivity contribution >= 4 is 38.4 Å². The second-order valence-electron chi connectivity index (χ2n) is 7.54. The van der Waals surface area contributed by atoms with Gasteiger partial charge in [0.1, 0.15) is 6.04 Å². The number of sulfonamides is 1. The van der Waals surface area contributed by atoms with Crippen molar-refractivity contribution in [3.05, 3.63) is 65.3 Å². The van der Waals surface area contributed by atoms with Crippen LogP contribution in [0.25, 0.3) is 10.9 Å². The number of fused-ring (bicyclic) bond motifs is 1. The molecule has 1 amide bonds. The van der Waals surface area contributed by atoms with E-state index in [1.807, 2.05) is 42.0 Å².